The zero-order chi connectivity index (χ0) is 14.4. The Balaban J connectivity index is 1.85. The third kappa shape index (κ3) is 3.65. The molecule has 2 N–H and O–H groups in total. The van der Waals surface area contributed by atoms with Crippen molar-refractivity contribution in [3.8, 4) is 5.75 Å². The zero-order valence-corrected chi connectivity index (χ0v) is 12.4. The van der Waals surface area contributed by atoms with Crippen molar-refractivity contribution in [1.29, 1.82) is 0 Å². The molecule has 4 nitrogen and oxygen atoms in total. The Morgan fingerprint density at radius 3 is 2.50 bits per heavy atom. The van der Waals surface area contributed by atoms with Gasteiger partial charge in [-0.05, 0) is 37.0 Å². The summed E-state index contributed by atoms with van der Waals surface area (Å²) >= 11 is 0. The van der Waals surface area contributed by atoms with Crippen molar-refractivity contribution in [2.45, 2.75) is 44.6 Å². The first-order valence-electron chi connectivity index (χ1n) is 7.41. The van der Waals surface area contributed by atoms with Crippen molar-refractivity contribution >= 4 is 6.03 Å². The number of unbranched alkanes of at least 4 members (excludes halogenated alkanes) is 2. The predicted octanol–water partition coefficient (Wildman–Crippen LogP) is 3.17. The van der Waals surface area contributed by atoms with Gasteiger partial charge in [0, 0.05) is 6.54 Å². The smallest absolute Gasteiger partial charge is 0.315 e. The summed E-state index contributed by atoms with van der Waals surface area (Å²) in [6, 6.07) is 7.88. The van der Waals surface area contributed by atoms with Crippen LogP contribution < -0.4 is 15.4 Å². The highest BCUT2D eigenvalue weighted by Gasteiger charge is 2.45. The van der Waals surface area contributed by atoms with E-state index in [2.05, 4.69) is 17.6 Å². The second kappa shape index (κ2) is 6.64. The summed E-state index contributed by atoms with van der Waals surface area (Å²) in [6.07, 6.45) is 5.37. The maximum Gasteiger partial charge on any atom is 0.315 e. The van der Waals surface area contributed by atoms with Crippen molar-refractivity contribution in [2.24, 2.45) is 0 Å². The van der Waals surface area contributed by atoms with Crippen LogP contribution in [-0.4, -0.2) is 19.7 Å². The number of ether oxygens (including phenoxy) is 1. The van der Waals surface area contributed by atoms with Gasteiger partial charge in [0.2, 0.25) is 0 Å². The van der Waals surface area contributed by atoms with Crippen LogP contribution in [0.2, 0.25) is 0 Å². The van der Waals surface area contributed by atoms with E-state index in [1.165, 1.54) is 6.42 Å². The minimum Gasteiger partial charge on any atom is -0.497 e. The van der Waals surface area contributed by atoms with Crippen molar-refractivity contribution in [3.05, 3.63) is 29.8 Å². The van der Waals surface area contributed by atoms with Gasteiger partial charge in [-0.25, -0.2) is 4.79 Å². The van der Waals surface area contributed by atoms with Crippen LogP contribution in [0.25, 0.3) is 0 Å². The number of carbonyl (C=O) groups excluding carboxylic acids is 1. The maximum absolute atomic E-state index is 11.9. The maximum atomic E-state index is 11.9. The molecule has 0 atom stereocenters. The number of benzene rings is 1. The van der Waals surface area contributed by atoms with E-state index in [4.69, 9.17) is 4.74 Å². The van der Waals surface area contributed by atoms with Gasteiger partial charge in [-0.2, -0.15) is 0 Å². The van der Waals surface area contributed by atoms with Crippen LogP contribution in [0.1, 0.15) is 44.6 Å². The summed E-state index contributed by atoms with van der Waals surface area (Å²) in [5.41, 5.74) is 0.989. The van der Waals surface area contributed by atoms with Crippen LogP contribution >= 0.6 is 0 Å². The Kier molecular flexibility index (Phi) is 4.88. The fourth-order valence-electron chi connectivity index (χ4n) is 2.36. The number of carbonyl (C=O) groups is 1. The number of amides is 2. The van der Waals surface area contributed by atoms with Gasteiger partial charge in [0.25, 0.3) is 0 Å². The molecule has 1 aliphatic carbocycles. The van der Waals surface area contributed by atoms with Crippen LogP contribution in [-0.2, 0) is 5.54 Å². The van der Waals surface area contributed by atoms with Crippen molar-refractivity contribution in [1.82, 2.24) is 10.6 Å². The van der Waals surface area contributed by atoms with E-state index in [1.54, 1.807) is 7.11 Å². The van der Waals surface area contributed by atoms with Gasteiger partial charge in [0.1, 0.15) is 5.75 Å². The van der Waals surface area contributed by atoms with Gasteiger partial charge in [-0.1, -0.05) is 31.9 Å². The number of nitrogens with one attached hydrogen (secondary N) is 2. The molecule has 20 heavy (non-hydrogen) atoms. The first-order chi connectivity index (χ1) is 9.70. The SMILES string of the molecule is CCCCCNC(=O)NC1(c2ccc(OC)cc2)CC1. The third-order valence-electron chi connectivity index (χ3n) is 3.81. The van der Waals surface area contributed by atoms with Crippen LogP contribution in [0.5, 0.6) is 5.75 Å². The Morgan fingerprint density at radius 2 is 1.95 bits per heavy atom. The van der Waals surface area contributed by atoms with Crippen molar-refractivity contribution in [3.63, 3.8) is 0 Å². The summed E-state index contributed by atoms with van der Waals surface area (Å²) < 4.78 is 5.16. The van der Waals surface area contributed by atoms with E-state index in [0.717, 1.165) is 43.5 Å². The highest BCUT2D eigenvalue weighted by Crippen LogP contribution is 2.45. The molecule has 0 unspecified atom stereocenters. The van der Waals surface area contributed by atoms with E-state index < -0.39 is 0 Å². The minimum atomic E-state index is -0.166. The number of rotatable bonds is 7. The van der Waals surface area contributed by atoms with Gasteiger partial charge >= 0.3 is 6.03 Å². The second-order valence-electron chi connectivity index (χ2n) is 5.40. The van der Waals surface area contributed by atoms with Crippen LogP contribution in [0.4, 0.5) is 4.79 Å². The molecule has 2 amide bonds. The first kappa shape index (κ1) is 14.7. The molecule has 0 aromatic heterocycles. The lowest BCUT2D eigenvalue weighted by Crippen LogP contribution is -2.42. The number of urea groups is 1. The van der Waals surface area contributed by atoms with Gasteiger partial charge in [0.15, 0.2) is 0 Å². The van der Waals surface area contributed by atoms with E-state index in [9.17, 15) is 4.79 Å². The summed E-state index contributed by atoms with van der Waals surface area (Å²) in [5.74, 6) is 0.841. The summed E-state index contributed by atoms with van der Waals surface area (Å²) in [4.78, 5) is 11.9. The van der Waals surface area contributed by atoms with E-state index in [1.807, 2.05) is 24.3 Å². The molecule has 0 spiro atoms. The molecule has 0 heterocycles. The highest BCUT2D eigenvalue weighted by atomic mass is 16.5. The molecule has 1 aromatic rings. The van der Waals surface area contributed by atoms with E-state index in [0.29, 0.717) is 0 Å². The Hall–Kier alpha value is -1.71. The van der Waals surface area contributed by atoms with Crippen LogP contribution in [0, 0.1) is 0 Å². The number of hydrogen-bond acceptors (Lipinski definition) is 2. The van der Waals surface area contributed by atoms with Gasteiger partial charge in [0.05, 0.1) is 12.6 Å². The summed E-state index contributed by atoms with van der Waals surface area (Å²) in [6.45, 7) is 2.90. The van der Waals surface area contributed by atoms with Gasteiger partial charge in [-0.3, -0.25) is 0 Å². The molecule has 1 aliphatic rings. The molecule has 0 bridgehead atoms. The van der Waals surface area contributed by atoms with Crippen molar-refractivity contribution in [2.75, 3.05) is 13.7 Å². The average Bonchev–Trinajstić information content (AvgIpc) is 3.24. The molecule has 0 aliphatic heterocycles. The van der Waals surface area contributed by atoms with Crippen LogP contribution in [0.3, 0.4) is 0 Å². The lowest BCUT2D eigenvalue weighted by molar-refractivity contribution is 0.235. The van der Waals surface area contributed by atoms with Crippen LogP contribution in [0.15, 0.2) is 24.3 Å². The lowest BCUT2D eigenvalue weighted by Gasteiger charge is -2.18. The highest BCUT2D eigenvalue weighted by molar-refractivity contribution is 5.75. The molecule has 1 aromatic carbocycles. The quantitative estimate of drug-likeness (QED) is 0.751. The minimum absolute atomic E-state index is 0.0607. The number of hydrogen-bond donors (Lipinski definition) is 2. The predicted molar refractivity (Wildman–Crippen MR) is 80.0 cm³/mol. The summed E-state index contributed by atoms with van der Waals surface area (Å²) in [5, 5.41) is 6.04. The largest absolute Gasteiger partial charge is 0.497 e. The Bertz CT molecular complexity index is 438. The normalized spacial score (nSPS) is 15.5. The van der Waals surface area contributed by atoms with Crippen molar-refractivity contribution < 1.29 is 9.53 Å². The number of methoxy groups -OCH3 is 1. The fraction of sp³-hybridized carbons (Fsp3) is 0.562. The zero-order valence-electron chi connectivity index (χ0n) is 12.4. The molecule has 110 valence electrons. The molecular formula is C16H24N2O2. The van der Waals surface area contributed by atoms with Gasteiger partial charge < -0.3 is 15.4 Å². The van der Waals surface area contributed by atoms with E-state index in [-0.39, 0.29) is 11.6 Å². The standard InChI is InChI=1S/C16H24N2O2/c1-3-4-5-12-17-15(19)18-16(10-11-16)13-6-8-14(20-2)9-7-13/h6-9H,3-5,10-12H2,1-2H3,(H2,17,18,19). The topological polar surface area (TPSA) is 50.4 Å². The second-order valence-corrected chi connectivity index (χ2v) is 5.40. The Labute approximate surface area is 120 Å². The molecule has 0 saturated heterocycles. The average molecular weight is 276 g/mol. The third-order valence-corrected chi connectivity index (χ3v) is 3.81. The first-order valence-corrected chi connectivity index (χ1v) is 7.41. The molecule has 1 saturated carbocycles. The molecule has 0 radical (unpaired) electrons. The lowest BCUT2D eigenvalue weighted by atomic mass is 10.1. The molecule has 4 heteroatoms. The summed E-state index contributed by atoms with van der Waals surface area (Å²) in [7, 11) is 1.66. The Morgan fingerprint density at radius 1 is 1.25 bits per heavy atom. The van der Waals surface area contributed by atoms with E-state index >= 15 is 0 Å². The fourth-order valence-corrected chi connectivity index (χ4v) is 2.36. The molecular weight excluding hydrogens is 252 g/mol. The molecule has 2 rings (SSSR count). The van der Waals surface area contributed by atoms with Gasteiger partial charge in [-0.15, -0.1) is 0 Å². The molecule has 1 fully saturated rings. The monoisotopic (exact) mass is 276 g/mol.